The van der Waals surface area contributed by atoms with E-state index in [1.54, 1.807) is 7.05 Å². The van der Waals surface area contributed by atoms with Gasteiger partial charge in [0, 0.05) is 46.0 Å². The molecule has 3 heterocycles. The number of hydrogen-bond acceptors (Lipinski definition) is 5. The molecule has 0 aromatic carbocycles. The summed E-state index contributed by atoms with van der Waals surface area (Å²) in [6, 6.07) is 4.21. The number of anilines is 1. The minimum Gasteiger partial charge on any atom is -0.373 e. The Kier molecular flexibility index (Phi) is 8.76. The fraction of sp³-hybridized carbons (Fsp3) is 0.700. The number of nitrogens with zero attached hydrogens (tertiary/aromatic N) is 3. The predicted molar refractivity (Wildman–Crippen MR) is 124 cm³/mol. The lowest BCUT2D eigenvalue weighted by molar-refractivity contribution is -0.00546. The van der Waals surface area contributed by atoms with Crippen LogP contribution >= 0.6 is 24.0 Å². The summed E-state index contributed by atoms with van der Waals surface area (Å²) in [5, 5.41) is 6.72. The highest BCUT2D eigenvalue weighted by atomic mass is 127. The number of guanidine groups is 1. The van der Waals surface area contributed by atoms with Crippen molar-refractivity contribution in [2.45, 2.75) is 58.0 Å². The van der Waals surface area contributed by atoms with Crippen LogP contribution in [0.4, 0.5) is 5.82 Å². The molecule has 0 spiro atoms. The molecule has 2 N–H and O–H groups in total. The molecule has 2 aliphatic rings. The highest BCUT2D eigenvalue weighted by Crippen LogP contribution is 2.23. The first-order chi connectivity index (χ1) is 13.0. The SMILES string of the molecule is CN=C(NCc1ccc(N2CC(C)OC(C)C2)nc1)NCC1(C)CCCO1.I. The van der Waals surface area contributed by atoms with Crippen molar-refractivity contribution in [1.29, 1.82) is 0 Å². The summed E-state index contributed by atoms with van der Waals surface area (Å²) in [5.41, 5.74) is 1.03. The molecule has 1 aromatic heterocycles. The maximum atomic E-state index is 5.82. The average Bonchev–Trinajstić information content (AvgIpc) is 3.08. The van der Waals surface area contributed by atoms with Crippen LogP contribution in [0.5, 0.6) is 0 Å². The van der Waals surface area contributed by atoms with Crippen molar-refractivity contribution in [2.75, 3.05) is 38.2 Å². The van der Waals surface area contributed by atoms with E-state index in [1.807, 2.05) is 6.20 Å². The van der Waals surface area contributed by atoms with Crippen LogP contribution in [0.15, 0.2) is 23.3 Å². The molecular formula is C20H34IN5O2. The number of hydrogen-bond donors (Lipinski definition) is 2. The lowest BCUT2D eigenvalue weighted by Crippen LogP contribution is -2.46. The predicted octanol–water partition coefficient (Wildman–Crippen LogP) is 2.55. The summed E-state index contributed by atoms with van der Waals surface area (Å²) in [6.07, 6.45) is 4.61. The normalized spacial score (nSPS) is 28.0. The molecule has 28 heavy (non-hydrogen) atoms. The molecule has 7 nitrogen and oxygen atoms in total. The van der Waals surface area contributed by atoms with Crippen LogP contribution in [0.1, 0.15) is 39.2 Å². The van der Waals surface area contributed by atoms with Crippen molar-refractivity contribution in [1.82, 2.24) is 15.6 Å². The standard InChI is InChI=1S/C20H33N5O2.HI/c1-15-12-25(13-16(2)27-15)18-7-6-17(10-22-18)11-23-19(21-4)24-14-20(3)8-5-9-26-20;/h6-7,10,15-16H,5,8-9,11-14H2,1-4H3,(H2,21,23,24);1H. The maximum Gasteiger partial charge on any atom is 0.191 e. The zero-order chi connectivity index (χ0) is 19.3. The highest BCUT2D eigenvalue weighted by Gasteiger charge is 2.29. The Hall–Kier alpha value is -1.13. The van der Waals surface area contributed by atoms with Gasteiger partial charge in [-0.25, -0.2) is 4.98 Å². The van der Waals surface area contributed by atoms with Gasteiger partial charge in [0.15, 0.2) is 5.96 Å². The van der Waals surface area contributed by atoms with Crippen LogP contribution in [-0.4, -0.2) is 62.0 Å². The Labute approximate surface area is 185 Å². The second kappa shape index (κ2) is 10.6. The van der Waals surface area contributed by atoms with Crippen molar-refractivity contribution < 1.29 is 9.47 Å². The molecular weight excluding hydrogens is 469 g/mol. The van der Waals surface area contributed by atoms with E-state index in [1.165, 1.54) is 0 Å². The number of halogens is 1. The number of pyridine rings is 1. The van der Waals surface area contributed by atoms with Gasteiger partial charge in [-0.2, -0.15) is 0 Å². The van der Waals surface area contributed by atoms with Gasteiger partial charge in [-0.1, -0.05) is 6.07 Å². The van der Waals surface area contributed by atoms with Gasteiger partial charge in [0.05, 0.1) is 17.8 Å². The molecule has 3 atom stereocenters. The van der Waals surface area contributed by atoms with Crippen LogP contribution in [-0.2, 0) is 16.0 Å². The van der Waals surface area contributed by atoms with Crippen LogP contribution < -0.4 is 15.5 Å². The van der Waals surface area contributed by atoms with Crippen molar-refractivity contribution in [3.05, 3.63) is 23.9 Å². The van der Waals surface area contributed by atoms with Crippen LogP contribution in [0.3, 0.4) is 0 Å². The van der Waals surface area contributed by atoms with Crippen LogP contribution in [0, 0.1) is 0 Å². The molecule has 0 radical (unpaired) electrons. The van der Waals surface area contributed by atoms with E-state index in [0.29, 0.717) is 6.54 Å². The summed E-state index contributed by atoms with van der Waals surface area (Å²) < 4.78 is 11.6. The summed E-state index contributed by atoms with van der Waals surface area (Å²) in [6.45, 7) is 10.4. The van der Waals surface area contributed by atoms with Gasteiger partial charge in [-0.15, -0.1) is 24.0 Å². The van der Waals surface area contributed by atoms with E-state index in [0.717, 1.165) is 56.4 Å². The quantitative estimate of drug-likeness (QED) is 0.366. The molecule has 0 bridgehead atoms. The lowest BCUT2D eigenvalue weighted by Gasteiger charge is -2.36. The summed E-state index contributed by atoms with van der Waals surface area (Å²) >= 11 is 0. The number of aromatic nitrogens is 1. The van der Waals surface area contributed by atoms with Gasteiger partial charge < -0.3 is 25.0 Å². The van der Waals surface area contributed by atoms with Crippen LogP contribution in [0.2, 0.25) is 0 Å². The van der Waals surface area contributed by atoms with Gasteiger partial charge in [0.2, 0.25) is 0 Å². The Morgan fingerprint density at radius 3 is 2.61 bits per heavy atom. The van der Waals surface area contributed by atoms with Gasteiger partial charge in [0.25, 0.3) is 0 Å². The first-order valence-corrected chi connectivity index (χ1v) is 9.91. The minimum absolute atomic E-state index is 0. The van der Waals surface area contributed by atoms with Crippen molar-refractivity contribution in [2.24, 2.45) is 4.99 Å². The third-order valence-electron chi connectivity index (χ3n) is 5.17. The highest BCUT2D eigenvalue weighted by molar-refractivity contribution is 14.0. The Balaban J connectivity index is 0.00000280. The molecule has 1 aromatic rings. The topological polar surface area (TPSA) is 71.0 Å². The molecule has 3 unspecified atom stereocenters. The third kappa shape index (κ3) is 6.45. The second-order valence-electron chi connectivity index (χ2n) is 7.87. The number of morpholine rings is 1. The summed E-state index contributed by atoms with van der Waals surface area (Å²) in [5.74, 6) is 1.79. The molecule has 2 saturated heterocycles. The van der Waals surface area contributed by atoms with E-state index in [2.05, 4.69) is 58.4 Å². The molecule has 2 aliphatic heterocycles. The fourth-order valence-corrected chi connectivity index (χ4v) is 3.73. The fourth-order valence-electron chi connectivity index (χ4n) is 3.73. The molecule has 0 saturated carbocycles. The van der Waals surface area contributed by atoms with Crippen molar-refractivity contribution in [3.8, 4) is 0 Å². The van der Waals surface area contributed by atoms with E-state index < -0.39 is 0 Å². The molecule has 158 valence electrons. The van der Waals surface area contributed by atoms with Crippen molar-refractivity contribution >= 4 is 35.8 Å². The van der Waals surface area contributed by atoms with Gasteiger partial charge in [-0.3, -0.25) is 4.99 Å². The maximum absolute atomic E-state index is 5.82. The molecule has 8 heteroatoms. The zero-order valence-electron chi connectivity index (χ0n) is 17.4. The number of nitrogens with one attached hydrogen (secondary N) is 2. The molecule has 2 fully saturated rings. The Bertz CT molecular complexity index is 624. The molecule has 0 amide bonds. The van der Waals surface area contributed by atoms with Gasteiger partial charge >= 0.3 is 0 Å². The minimum atomic E-state index is -0.0900. The number of rotatable bonds is 5. The van der Waals surface area contributed by atoms with Gasteiger partial charge in [0.1, 0.15) is 5.82 Å². The smallest absolute Gasteiger partial charge is 0.191 e. The van der Waals surface area contributed by atoms with Crippen LogP contribution in [0.25, 0.3) is 0 Å². The molecule has 3 rings (SSSR count). The van der Waals surface area contributed by atoms with Crippen molar-refractivity contribution in [3.63, 3.8) is 0 Å². The number of aliphatic imine (C=N–C) groups is 1. The Morgan fingerprint density at radius 1 is 1.29 bits per heavy atom. The van der Waals surface area contributed by atoms with E-state index in [9.17, 15) is 0 Å². The van der Waals surface area contributed by atoms with Gasteiger partial charge in [-0.05, 0) is 45.2 Å². The van der Waals surface area contributed by atoms with E-state index in [4.69, 9.17) is 9.47 Å². The number of ether oxygens (including phenoxy) is 2. The largest absolute Gasteiger partial charge is 0.373 e. The van der Waals surface area contributed by atoms with E-state index in [-0.39, 0.29) is 41.8 Å². The first kappa shape index (κ1) is 23.2. The molecule has 0 aliphatic carbocycles. The first-order valence-electron chi connectivity index (χ1n) is 9.91. The summed E-state index contributed by atoms with van der Waals surface area (Å²) in [7, 11) is 1.79. The second-order valence-corrected chi connectivity index (χ2v) is 7.87. The van der Waals surface area contributed by atoms with E-state index >= 15 is 0 Å². The third-order valence-corrected chi connectivity index (χ3v) is 5.17. The average molecular weight is 503 g/mol. The lowest BCUT2D eigenvalue weighted by atomic mass is 10.0. The Morgan fingerprint density at radius 2 is 2.04 bits per heavy atom. The monoisotopic (exact) mass is 503 g/mol. The summed E-state index contributed by atoms with van der Waals surface area (Å²) in [4.78, 5) is 11.2. The zero-order valence-corrected chi connectivity index (χ0v) is 19.7.